The lowest BCUT2D eigenvalue weighted by molar-refractivity contribution is -0.134. The van der Waals surface area contributed by atoms with Crippen molar-refractivity contribution in [3.63, 3.8) is 0 Å². The van der Waals surface area contributed by atoms with E-state index >= 15 is 0 Å². The van der Waals surface area contributed by atoms with Crippen LogP contribution in [0.3, 0.4) is 0 Å². The van der Waals surface area contributed by atoms with Crippen LogP contribution in [-0.2, 0) is 31.3 Å². The molecule has 1 aliphatic rings. The summed E-state index contributed by atoms with van der Waals surface area (Å²) in [6, 6.07) is 12.2. The molecule has 8 nitrogen and oxygen atoms in total. The van der Waals surface area contributed by atoms with Crippen LogP contribution < -0.4 is 9.44 Å². The molecule has 2 aromatic carbocycles. The van der Waals surface area contributed by atoms with Gasteiger partial charge in [-0.3, -0.25) is 4.79 Å². The van der Waals surface area contributed by atoms with E-state index in [0.717, 1.165) is 24.0 Å². The maximum Gasteiger partial charge on any atom is 0.244 e. The van der Waals surface area contributed by atoms with Gasteiger partial charge in [-0.05, 0) is 37.0 Å². The molecule has 0 saturated carbocycles. The number of rotatable bonds is 8. The molecule has 1 fully saturated rings. The van der Waals surface area contributed by atoms with Crippen LogP contribution in [0.2, 0.25) is 0 Å². The predicted octanol–water partition coefficient (Wildman–Crippen LogP) is 1.26. The van der Waals surface area contributed by atoms with Crippen LogP contribution in [0.15, 0.2) is 59.5 Å². The fourth-order valence-corrected chi connectivity index (χ4v) is 5.81. The van der Waals surface area contributed by atoms with Gasteiger partial charge < -0.3 is 4.90 Å². The van der Waals surface area contributed by atoms with Crippen molar-refractivity contribution in [3.8, 4) is 0 Å². The van der Waals surface area contributed by atoms with Gasteiger partial charge in [-0.15, -0.1) is 0 Å². The number of sulfonamides is 2. The molecule has 0 radical (unpaired) electrons. The van der Waals surface area contributed by atoms with E-state index in [0.29, 0.717) is 19.4 Å². The molecule has 0 aliphatic carbocycles. The Labute approximate surface area is 187 Å². The van der Waals surface area contributed by atoms with Crippen molar-refractivity contribution in [2.45, 2.75) is 36.2 Å². The van der Waals surface area contributed by atoms with Crippen molar-refractivity contribution in [1.82, 2.24) is 14.3 Å². The van der Waals surface area contributed by atoms with Crippen molar-refractivity contribution < 1.29 is 26.0 Å². The van der Waals surface area contributed by atoms with E-state index < -0.39 is 48.8 Å². The van der Waals surface area contributed by atoms with Gasteiger partial charge in [-0.25, -0.2) is 25.9 Å². The molecular weight excluding hydrogens is 457 g/mol. The van der Waals surface area contributed by atoms with Crippen molar-refractivity contribution in [2.24, 2.45) is 0 Å². The molecule has 1 aliphatic heterocycles. The van der Waals surface area contributed by atoms with Gasteiger partial charge in [0.15, 0.2) is 0 Å². The first-order valence-electron chi connectivity index (χ1n) is 10.1. The largest absolute Gasteiger partial charge is 0.340 e. The second-order valence-electron chi connectivity index (χ2n) is 7.81. The monoisotopic (exact) mass is 483 g/mol. The highest BCUT2D eigenvalue weighted by molar-refractivity contribution is 7.89. The number of carbonyl (C=O) groups excluding carboxylic acids is 1. The van der Waals surface area contributed by atoms with Gasteiger partial charge in [0.05, 0.1) is 6.26 Å². The first-order chi connectivity index (χ1) is 15.0. The average molecular weight is 484 g/mol. The van der Waals surface area contributed by atoms with Crippen LogP contribution in [-0.4, -0.2) is 59.1 Å². The smallest absolute Gasteiger partial charge is 0.244 e. The zero-order valence-electron chi connectivity index (χ0n) is 17.6. The van der Waals surface area contributed by atoms with Gasteiger partial charge in [0.25, 0.3) is 0 Å². The average Bonchev–Trinajstić information content (AvgIpc) is 2.72. The molecule has 2 atom stereocenters. The summed E-state index contributed by atoms with van der Waals surface area (Å²) < 4.78 is 67.9. The van der Waals surface area contributed by atoms with Gasteiger partial charge in [0.2, 0.25) is 26.0 Å². The van der Waals surface area contributed by atoms with Crippen LogP contribution in [0.5, 0.6) is 0 Å². The zero-order chi connectivity index (χ0) is 23.4. The Morgan fingerprint density at radius 3 is 2.41 bits per heavy atom. The maximum atomic E-state index is 14.1. The molecule has 1 saturated heterocycles. The lowest BCUT2D eigenvalue weighted by Gasteiger charge is -2.35. The fraction of sp³-hybridized carbons (Fsp3) is 0.381. The Morgan fingerprint density at radius 2 is 1.75 bits per heavy atom. The topological polar surface area (TPSA) is 113 Å². The highest BCUT2D eigenvalue weighted by Crippen LogP contribution is 2.18. The highest BCUT2D eigenvalue weighted by atomic mass is 32.2. The van der Waals surface area contributed by atoms with Crippen molar-refractivity contribution in [2.75, 3.05) is 19.3 Å². The Morgan fingerprint density at radius 1 is 1.09 bits per heavy atom. The number of hydrogen-bond donors (Lipinski definition) is 2. The maximum absolute atomic E-state index is 14.1. The lowest BCUT2D eigenvalue weighted by Crippen LogP contribution is -2.55. The molecule has 1 amide bonds. The van der Waals surface area contributed by atoms with E-state index in [9.17, 15) is 26.0 Å². The molecule has 11 heteroatoms. The van der Waals surface area contributed by atoms with Gasteiger partial charge in [0, 0.05) is 19.1 Å². The molecule has 0 spiro atoms. The van der Waals surface area contributed by atoms with Crippen molar-refractivity contribution in [3.05, 3.63) is 66.0 Å². The minimum Gasteiger partial charge on any atom is -0.340 e. The molecule has 32 heavy (non-hydrogen) atoms. The third kappa shape index (κ3) is 6.58. The van der Waals surface area contributed by atoms with E-state index in [2.05, 4.69) is 9.44 Å². The van der Waals surface area contributed by atoms with Crippen LogP contribution in [0.1, 0.15) is 18.4 Å². The summed E-state index contributed by atoms with van der Waals surface area (Å²) >= 11 is 0. The third-order valence-corrected chi connectivity index (χ3v) is 7.38. The van der Waals surface area contributed by atoms with Crippen LogP contribution in [0, 0.1) is 5.82 Å². The number of carbonyl (C=O) groups is 1. The van der Waals surface area contributed by atoms with Gasteiger partial charge in [0.1, 0.15) is 16.8 Å². The van der Waals surface area contributed by atoms with E-state index in [-0.39, 0.29) is 13.0 Å². The summed E-state index contributed by atoms with van der Waals surface area (Å²) in [7, 11) is -7.77. The Balaban J connectivity index is 1.85. The standard InChI is InChI=1S/C21H26FN3O5S2/c1-31(27,28)23-17-10-7-13-25(15-17)21(26)19(14-16-8-3-2-4-9-16)24-32(29,30)20-12-6-5-11-18(20)22/h2-6,8-9,11-12,17,19,23-24H,7,10,13-15H2,1H3/t17?,19-/m0/s1. The normalized spacial score (nSPS) is 18.3. The Kier molecular flexibility index (Phi) is 7.65. The molecule has 1 unspecified atom stereocenters. The molecule has 2 N–H and O–H groups in total. The summed E-state index contributed by atoms with van der Waals surface area (Å²) in [5, 5.41) is 0. The number of piperidine rings is 1. The highest BCUT2D eigenvalue weighted by Gasteiger charge is 2.33. The minimum absolute atomic E-state index is 0.0635. The summed E-state index contributed by atoms with van der Waals surface area (Å²) in [4.78, 5) is 14.2. The summed E-state index contributed by atoms with van der Waals surface area (Å²) in [5.41, 5.74) is 0.727. The molecule has 174 valence electrons. The molecule has 1 heterocycles. The van der Waals surface area contributed by atoms with E-state index in [1.54, 1.807) is 30.3 Å². The second-order valence-corrected chi connectivity index (χ2v) is 11.3. The third-order valence-electron chi connectivity index (χ3n) is 5.12. The van der Waals surface area contributed by atoms with E-state index in [4.69, 9.17) is 0 Å². The Bertz CT molecular complexity index is 1160. The van der Waals surface area contributed by atoms with Gasteiger partial charge in [-0.2, -0.15) is 4.72 Å². The van der Waals surface area contributed by atoms with Crippen LogP contribution in [0.4, 0.5) is 4.39 Å². The molecule has 2 aromatic rings. The molecule has 3 rings (SSSR count). The Hall–Kier alpha value is -2.34. The quantitative estimate of drug-likeness (QED) is 0.587. The summed E-state index contributed by atoms with van der Waals surface area (Å²) in [5.74, 6) is -1.41. The number of nitrogens with zero attached hydrogens (tertiary/aromatic N) is 1. The summed E-state index contributed by atoms with van der Waals surface area (Å²) in [6.07, 6.45) is 2.25. The van der Waals surface area contributed by atoms with Crippen LogP contribution in [0.25, 0.3) is 0 Å². The number of hydrogen-bond acceptors (Lipinski definition) is 5. The van der Waals surface area contributed by atoms with Gasteiger partial charge in [-0.1, -0.05) is 42.5 Å². The fourth-order valence-electron chi connectivity index (χ4n) is 3.74. The van der Waals surface area contributed by atoms with Crippen LogP contribution >= 0.6 is 0 Å². The second kappa shape index (κ2) is 10.1. The summed E-state index contributed by atoms with van der Waals surface area (Å²) in [6.45, 7) is 0.492. The first kappa shape index (κ1) is 24.3. The molecule has 0 aromatic heterocycles. The van der Waals surface area contributed by atoms with Crippen molar-refractivity contribution >= 4 is 26.0 Å². The number of benzene rings is 2. The number of amides is 1. The number of nitrogens with one attached hydrogen (secondary N) is 2. The van der Waals surface area contributed by atoms with Crippen molar-refractivity contribution in [1.29, 1.82) is 0 Å². The zero-order valence-corrected chi connectivity index (χ0v) is 19.2. The number of halogens is 1. The molecule has 0 bridgehead atoms. The SMILES string of the molecule is CS(=O)(=O)NC1CCCN(C(=O)[C@H](Cc2ccccc2)NS(=O)(=O)c2ccccc2F)C1. The lowest BCUT2D eigenvalue weighted by atomic mass is 10.0. The number of likely N-dealkylation sites (tertiary alicyclic amines) is 1. The van der Waals surface area contributed by atoms with E-state index in [1.807, 2.05) is 0 Å². The minimum atomic E-state index is -4.32. The first-order valence-corrected chi connectivity index (χ1v) is 13.5. The predicted molar refractivity (Wildman–Crippen MR) is 118 cm³/mol. The molecular formula is C21H26FN3O5S2. The van der Waals surface area contributed by atoms with E-state index in [1.165, 1.54) is 17.0 Å². The van der Waals surface area contributed by atoms with Gasteiger partial charge >= 0.3 is 0 Å².